The lowest BCUT2D eigenvalue weighted by Gasteiger charge is -2.06. The number of hydrogen-bond acceptors (Lipinski definition) is 5. The normalized spacial score (nSPS) is 11.7. The molecule has 2 rings (SSSR count). The number of nitrogens with zero attached hydrogens (tertiary/aromatic N) is 1. The molecule has 0 aliphatic rings. The third-order valence-corrected chi connectivity index (χ3v) is 5.12. The molecule has 0 spiro atoms. The lowest BCUT2D eigenvalue weighted by Crippen LogP contribution is -2.08. The molecular formula is C11H11FN2O2S2. The van der Waals surface area contributed by atoms with Crippen LogP contribution >= 0.6 is 11.3 Å². The topological polar surface area (TPSA) is 73.0 Å². The van der Waals surface area contributed by atoms with Crippen molar-refractivity contribution in [3.63, 3.8) is 0 Å². The third-order valence-electron chi connectivity index (χ3n) is 2.29. The molecule has 0 bridgehead atoms. The summed E-state index contributed by atoms with van der Waals surface area (Å²) in [6, 6.07) is 3.31. The molecule has 0 atom stereocenters. The van der Waals surface area contributed by atoms with Crippen molar-refractivity contribution in [2.24, 2.45) is 0 Å². The fraction of sp³-hybridized carbons (Fsp3) is 0.182. The molecule has 0 amide bonds. The van der Waals surface area contributed by atoms with Gasteiger partial charge in [0.25, 0.3) is 0 Å². The first kappa shape index (κ1) is 13.0. The number of hydrogen-bond donors (Lipinski definition) is 1. The van der Waals surface area contributed by atoms with Gasteiger partial charge in [-0.25, -0.2) is 17.8 Å². The molecule has 0 aliphatic carbocycles. The first-order chi connectivity index (χ1) is 8.38. The summed E-state index contributed by atoms with van der Waals surface area (Å²) >= 11 is 1.26. The largest absolute Gasteiger partial charge is 0.398 e. The van der Waals surface area contributed by atoms with Crippen molar-refractivity contribution in [2.45, 2.75) is 17.6 Å². The first-order valence-corrected chi connectivity index (χ1v) is 7.60. The molecule has 0 radical (unpaired) electrons. The maximum atomic E-state index is 13.1. The summed E-state index contributed by atoms with van der Waals surface area (Å²) in [6.45, 7) is 1.78. The second kappa shape index (κ2) is 4.66. The molecule has 0 unspecified atom stereocenters. The highest BCUT2D eigenvalue weighted by Crippen LogP contribution is 2.24. The van der Waals surface area contributed by atoms with Crippen LogP contribution in [0.5, 0.6) is 0 Å². The fourth-order valence-electron chi connectivity index (χ4n) is 1.49. The van der Waals surface area contributed by atoms with Crippen LogP contribution in [0, 0.1) is 12.7 Å². The predicted molar refractivity (Wildman–Crippen MR) is 68.6 cm³/mol. The second-order valence-electron chi connectivity index (χ2n) is 3.82. The number of nitrogen functional groups attached to an aromatic ring is 1. The molecule has 96 valence electrons. The van der Waals surface area contributed by atoms with Crippen LogP contribution in [0.3, 0.4) is 0 Å². The average molecular weight is 286 g/mol. The maximum absolute atomic E-state index is 13.1. The lowest BCUT2D eigenvalue weighted by molar-refractivity contribution is 0.590. The number of anilines is 1. The minimum atomic E-state index is -3.67. The number of aryl methyl sites for hydroxylation is 1. The molecule has 18 heavy (non-hydrogen) atoms. The van der Waals surface area contributed by atoms with E-state index in [-0.39, 0.29) is 16.3 Å². The number of thiazole rings is 1. The summed E-state index contributed by atoms with van der Waals surface area (Å²) in [5, 5.41) is 2.23. The quantitative estimate of drug-likeness (QED) is 0.877. The van der Waals surface area contributed by atoms with Gasteiger partial charge in [0.05, 0.1) is 10.6 Å². The summed E-state index contributed by atoms with van der Waals surface area (Å²) in [6.07, 6.45) is 0. The van der Waals surface area contributed by atoms with E-state index < -0.39 is 15.7 Å². The van der Waals surface area contributed by atoms with Crippen LogP contribution in [0.15, 0.2) is 28.5 Å². The highest BCUT2D eigenvalue weighted by atomic mass is 32.2. The van der Waals surface area contributed by atoms with E-state index in [9.17, 15) is 12.8 Å². The van der Waals surface area contributed by atoms with Crippen molar-refractivity contribution in [1.82, 2.24) is 4.98 Å². The molecule has 2 aromatic rings. The van der Waals surface area contributed by atoms with Gasteiger partial charge in [0.15, 0.2) is 9.84 Å². The molecule has 0 fully saturated rings. The van der Waals surface area contributed by atoms with Crippen LogP contribution in [0.2, 0.25) is 0 Å². The van der Waals surface area contributed by atoms with E-state index in [1.54, 1.807) is 12.3 Å². The van der Waals surface area contributed by atoms with E-state index in [4.69, 9.17) is 5.73 Å². The van der Waals surface area contributed by atoms with Gasteiger partial charge in [-0.3, -0.25) is 0 Å². The number of benzene rings is 1. The Kier molecular flexibility index (Phi) is 3.36. The number of aromatic nitrogens is 1. The van der Waals surface area contributed by atoms with Gasteiger partial charge >= 0.3 is 0 Å². The van der Waals surface area contributed by atoms with Gasteiger partial charge in [-0.1, -0.05) is 0 Å². The molecule has 0 saturated heterocycles. The average Bonchev–Trinajstić information content (AvgIpc) is 2.66. The van der Waals surface area contributed by atoms with Crippen LogP contribution in [0.4, 0.5) is 10.1 Å². The van der Waals surface area contributed by atoms with Gasteiger partial charge in [-0.15, -0.1) is 11.3 Å². The van der Waals surface area contributed by atoms with Crippen molar-refractivity contribution in [3.8, 4) is 0 Å². The highest BCUT2D eigenvalue weighted by molar-refractivity contribution is 7.91. The first-order valence-electron chi connectivity index (χ1n) is 5.07. The summed E-state index contributed by atoms with van der Waals surface area (Å²) in [5.74, 6) is -0.891. The SMILES string of the molecule is Cc1csc(CS(=O)(=O)c2cc(F)ccc2N)n1. The Labute approximate surface area is 108 Å². The van der Waals surface area contributed by atoms with E-state index >= 15 is 0 Å². The van der Waals surface area contributed by atoms with Gasteiger partial charge in [0.1, 0.15) is 16.6 Å². The van der Waals surface area contributed by atoms with Gasteiger partial charge in [0.2, 0.25) is 0 Å². The van der Waals surface area contributed by atoms with E-state index in [0.717, 1.165) is 17.8 Å². The molecule has 1 aromatic carbocycles. The Bertz CT molecular complexity index is 680. The number of rotatable bonds is 3. The molecule has 1 aromatic heterocycles. The number of sulfone groups is 1. The Morgan fingerprint density at radius 1 is 1.44 bits per heavy atom. The van der Waals surface area contributed by atoms with Crippen molar-refractivity contribution in [3.05, 3.63) is 40.1 Å². The summed E-state index contributed by atoms with van der Waals surface area (Å²) in [7, 11) is -3.67. The Balaban J connectivity index is 2.39. The van der Waals surface area contributed by atoms with E-state index in [2.05, 4.69) is 4.98 Å². The Morgan fingerprint density at radius 2 is 2.17 bits per heavy atom. The van der Waals surface area contributed by atoms with Gasteiger partial charge in [-0.2, -0.15) is 0 Å². The van der Waals surface area contributed by atoms with Gasteiger partial charge in [-0.05, 0) is 25.1 Å². The van der Waals surface area contributed by atoms with Crippen LogP contribution in [0.25, 0.3) is 0 Å². The molecular weight excluding hydrogens is 275 g/mol. The van der Waals surface area contributed by atoms with Crippen LogP contribution in [0.1, 0.15) is 10.7 Å². The predicted octanol–water partition coefficient (Wildman–Crippen LogP) is 2.15. The van der Waals surface area contributed by atoms with Crippen molar-refractivity contribution in [1.29, 1.82) is 0 Å². The molecule has 4 nitrogen and oxygen atoms in total. The summed E-state index contributed by atoms with van der Waals surface area (Å²) < 4.78 is 37.3. The second-order valence-corrected chi connectivity index (χ2v) is 6.72. The molecule has 0 saturated carbocycles. The molecule has 2 N–H and O–H groups in total. The zero-order valence-corrected chi connectivity index (χ0v) is 11.2. The maximum Gasteiger partial charge on any atom is 0.187 e. The molecule has 7 heteroatoms. The van der Waals surface area contributed by atoms with Gasteiger partial charge in [0, 0.05) is 11.1 Å². The van der Waals surface area contributed by atoms with E-state index in [1.165, 1.54) is 17.4 Å². The smallest absolute Gasteiger partial charge is 0.187 e. The van der Waals surface area contributed by atoms with Crippen molar-refractivity contribution < 1.29 is 12.8 Å². The lowest BCUT2D eigenvalue weighted by atomic mass is 10.3. The molecule has 0 aliphatic heterocycles. The minimum absolute atomic E-state index is 0.0460. The zero-order chi connectivity index (χ0) is 13.3. The van der Waals surface area contributed by atoms with Crippen LogP contribution in [-0.2, 0) is 15.6 Å². The monoisotopic (exact) mass is 286 g/mol. The zero-order valence-electron chi connectivity index (χ0n) is 9.55. The van der Waals surface area contributed by atoms with Crippen LogP contribution < -0.4 is 5.73 Å². The van der Waals surface area contributed by atoms with Gasteiger partial charge < -0.3 is 5.73 Å². The number of nitrogens with two attached hydrogens (primary N) is 1. The standard InChI is InChI=1S/C11H11FN2O2S2/c1-7-5-17-11(14-7)6-18(15,16)10-4-8(12)2-3-9(10)13/h2-5H,6,13H2,1H3. The third kappa shape index (κ3) is 2.68. The van der Waals surface area contributed by atoms with Crippen molar-refractivity contribution >= 4 is 26.9 Å². The van der Waals surface area contributed by atoms with E-state index in [1.807, 2.05) is 0 Å². The molecule has 1 heterocycles. The highest BCUT2D eigenvalue weighted by Gasteiger charge is 2.20. The fourth-order valence-corrected chi connectivity index (χ4v) is 4.04. The summed E-state index contributed by atoms with van der Waals surface area (Å²) in [5.41, 5.74) is 6.38. The Hall–Kier alpha value is -1.47. The van der Waals surface area contributed by atoms with Crippen molar-refractivity contribution in [2.75, 3.05) is 5.73 Å². The summed E-state index contributed by atoms with van der Waals surface area (Å²) in [4.78, 5) is 3.89. The van der Waals surface area contributed by atoms with E-state index in [0.29, 0.717) is 5.01 Å². The minimum Gasteiger partial charge on any atom is -0.398 e. The van der Waals surface area contributed by atoms with Crippen LogP contribution in [-0.4, -0.2) is 13.4 Å². The Morgan fingerprint density at radius 3 is 2.78 bits per heavy atom. The number of halogens is 1.